The summed E-state index contributed by atoms with van der Waals surface area (Å²) in [6.45, 7) is 4.62. The molecule has 6 heteroatoms. The van der Waals surface area contributed by atoms with Crippen LogP contribution in [0.3, 0.4) is 0 Å². The van der Waals surface area contributed by atoms with Gasteiger partial charge in [0.2, 0.25) is 0 Å². The summed E-state index contributed by atoms with van der Waals surface area (Å²) in [5.41, 5.74) is 0. The van der Waals surface area contributed by atoms with Gasteiger partial charge in [-0.05, 0) is 13.8 Å². The number of esters is 1. The number of carbonyl (C=O) groups is 1. The predicted octanol–water partition coefficient (Wildman–Crippen LogP) is -0.332. The van der Waals surface area contributed by atoms with E-state index in [1.807, 2.05) is 4.90 Å². The molecule has 0 unspecified atom stereocenters. The van der Waals surface area contributed by atoms with Gasteiger partial charge in [0.25, 0.3) is 0 Å². The highest BCUT2D eigenvalue weighted by Crippen LogP contribution is 2.03. The number of hydrogen-bond acceptors (Lipinski definition) is 5. The Bertz CT molecular complexity index is 309. The van der Waals surface area contributed by atoms with E-state index in [-0.39, 0.29) is 30.1 Å². The molecule has 1 rings (SSSR count). The van der Waals surface area contributed by atoms with Gasteiger partial charge in [-0.3, -0.25) is 9.69 Å². The molecule has 1 aliphatic heterocycles. The third-order valence-corrected chi connectivity index (χ3v) is 3.77. The predicted molar refractivity (Wildman–Crippen MR) is 56.3 cm³/mol. The Morgan fingerprint density at radius 1 is 1.33 bits per heavy atom. The molecule has 1 aliphatic rings. The molecule has 1 saturated heterocycles. The van der Waals surface area contributed by atoms with Crippen molar-refractivity contribution in [2.45, 2.75) is 20.0 Å². The number of sulfone groups is 1. The summed E-state index contributed by atoms with van der Waals surface area (Å²) < 4.78 is 27.2. The second-order valence-corrected chi connectivity index (χ2v) is 6.27. The average Bonchev–Trinajstić information content (AvgIpc) is 2.07. The van der Waals surface area contributed by atoms with Gasteiger partial charge in [-0.25, -0.2) is 8.42 Å². The molecule has 5 nitrogen and oxygen atoms in total. The van der Waals surface area contributed by atoms with Gasteiger partial charge >= 0.3 is 5.97 Å². The van der Waals surface area contributed by atoms with Crippen LogP contribution >= 0.6 is 0 Å². The molecule has 0 atom stereocenters. The molecule has 0 N–H and O–H groups in total. The van der Waals surface area contributed by atoms with E-state index in [1.165, 1.54) is 0 Å². The van der Waals surface area contributed by atoms with Crippen LogP contribution in [0.15, 0.2) is 0 Å². The van der Waals surface area contributed by atoms with Crippen LogP contribution in [0.4, 0.5) is 0 Å². The Morgan fingerprint density at radius 2 is 1.87 bits per heavy atom. The van der Waals surface area contributed by atoms with Crippen LogP contribution in [0.5, 0.6) is 0 Å². The highest BCUT2D eigenvalue weighted by Gasteiger charge is 2.23. The van der Waals surface area contributed by atoms with E-state index in [1.54, 1.807) is 13.8 Å². The zero-order valence-corrected chi connectivity index (χ0v) is 9.92. The molecule has 0 radical (unpaired) electrons. The zero-order chi connectivity index (χ0) is 11.5. The van der Waals surface area contributed by atoms with Gasteiger partial charge in [-0.15, -0.1) is 0 Å². The lowest BCUT2D eigenvalue weighted by atomic mass is 10.4. The monoisotopic (exact) mass is 235 g/mol. The highest BCUT2D eigenvalue weighted by molar-refractivity contribution is 7.91. The van der Waals surface area contributed by atoms with E-state index in [0.29, 0.717) is 13.1 Å². The van der Waals surface area contributed by atoms with Crippen molar-refractivity contribution in [3.8, 4) is 0 Å². The van der Waals surface area contributed by atoms with Crippen molar-refractivity contribution in [2.75, 3.05) is 31.1 Å². The molecular weight excluding hydrogens is 218 g/mol. The van der Waals surface area contributed by atoms with Crippen molar-refractivity contribution >= 4 is 15.8 Å². The van der Waals surface area contributed by atoms with Crippen molar-refractivity contribution in [2.24, 2.45) is 0 Å². The number of rotatable bonds is 3. The molecule has 88 valence electrons. The smallest absolute Gasteiger partial charge is 0.320 e. The molecule has 0 aromatic rings. The Kier molecular flexibility index (Phi) is 4.10. The number of hydrogen-bond donors (Lipinski definition) is 0. The van der Waals surface area contributed by atoms with Crippen LogP contribution < -0.4 is 0 Å². The molecule has 15 heavy (non-hydrogen) atoms. The third-order valence-electron chi connectivity index (χ3n) is 2.16. The van der Waals surface area contributed by atoms with Crippen molar-refractivity contribution in [3.05, 3.63) is 0 Å². The van der Waals surface area contributed by atoms with E-state index >= 15 is 0 Å². The maximum Gasteiger partial charge on any atom is 0.320 e. The molecule has 0 saturated carbocycles. The standard InChI is InChI=1S/C9H17NO4S/c1-8(2)14-9(11)7-10-3-5-15(12,13)6-4-10/h8H,3-7H2,1-2H3. The van der Waals surface area contributed by atoms with Crippen LogP contribution in [0.25, 0.3) is 0 Å². The van der Waals surface area contributed by atoms with Crippen LogP contribution in [0, 0.1) is 0 Å². The summed E-state index contributed by atoms with van der Waals surface area (Å²) in [4.78, 5) is 13.1. The Labute approximate surface area is 90.3 Å². The van der Waals surface area contributed by atoms with E-state index < -0.39 is 9.84 Å². The molecule has 1 heterocycles. The molecule has 0 amide bonds. The van der Waals surface area contributed by atoms with Crippen LogP contribution in [0.2, 0.25) is 0 Å². The minimum atomic E-state index is -2.87. The lowest BCUT2D eigenvalue weighted by Crippen LogP contribution is -2.43. The lowest BCUT2D eigenvalue weighted by molar-refractivity contribution is -0.148. The number of nitrogens with zero attached hydrogens (tertiary/aromatic N) is 1. The largest absolute Gasteiger partial charge is 0.462 e. The summed E-state index contributed by atoms with van der Waals surface area (Å²) in [7, 11) is -2.87. The Hall–Kier alpha value is -0.620. The summed E-state index contributed by atoms with van der Waals surface area (Å²) in [5, 5.41) is 0. The Morgan fingerprint density at radius 3 is 2.33 bits per heavy atom. The minimum absolute atomic E-state index is 0.119. The molecule has 0 spiro atoms. The number of carbonyl (C=O) groups excluding carboxylic acids is 1. The fourth-order valence-electron chi connectivity index (χ4n) is 1.39. The van der Waals surface area contributed by atoms with Crippen molar-refractivity contribution in [3.63, 3.8) is 0 Å². The first-order valence-electron chi connectivity index (χ1n) is 5.01. The first-order chi connectivity index (χ1) is 6.89. The normalized spacial score (nSPS) is 21.5. The maximum absolute atomic E-state index is 11.3. The fraction of sp³-hybridized carbons (Fsp3) is 0.889. The first-order valence-corrected chi connectivity index (χ1v) is 6.83. The molecule has 0 aromatic heterocycles. The van der Waals surface area contributed by atoms with Gasteiger partial charge in [-0.1, -0.05) is 0 Å². The van der Waals surface area contributed by atoms with Crippen LogP contribution in [-0.2, 0) is 19.4 Å². The first kappa shape index (κ1) is 12.4. The van der Waals surface area contributed by atoms with Gasteiger partial charge in [0.1, 0.15) is 0 Å². The second-order valence-electron chi connectivity index (χ2n) is 3.97. The van der Waals surface area contributed by atoms with Crippen molar-refractivity contribution in [1.29, 1.82) is 0 Å². The third kappa shape index (κ3) is 4.61. The summed E-state index contributed by atoms with van der Waals surface area (Å²) >= 11 is 0. The van der Waals surface area contributed by atoms with Crippen molar-refractivity contribution in [1.82, 2.24) is 4.90 Å². The van der Waals surface area contributed by atoms with E-state index in [4.69, 9.17) is 4.74 Å². The van der Waals surface area contributed by atoms with Gasteiger partial charge in [-0.2, -0.15) is 0 Å². The molecule has 0 aliphatic carbocycles. The molecule has 0 bridgehead atoms. The topological polar surface area (TPSA) is 63.7 Å². The van der Waals surface area contributed by atoms with Crippen LogP contribution in [0.1, 0.15) is 13.8 Å². The zero-order valence-electron chi connectivity index (χ0n) is 9.10. The van der Waals surface area contributed by atoms with Gasteiger partial charge < -0.3 is 4.74 Å². The van der Waals surface area contributed by atoms with Gasteiger partial charge in [0, 0.05) is 13.1 Å². The molecule has 0 aromatic carbocycles. The fourth-order valence-corrected chi connectivity index (χ4v) is 2.67. The van der Waals surface area contributed by atoms with Crippen LogP contribution in [-0.4, -0.2) is 56.5 Å². The van der Waals surface area contributed by atoms with E-state index in [9.17, 15) is 13.2 Å². The quantitative estimate of drug-likeness (QED) is 0.627. The molecular formula is C9H17NO4S. The second kappa shape index (κ2) is 4.94. The lowest BCUT2D eigenvalue weighted by Gasteiger charge is -2.25. The number of ether oxygens (including phenoxy) is 1. The van der Waals surface area contributed by atoms with Crippen molar-refractivity contribution < 1.29 is 17.9 Å². The average molecular weight is 235 g/mol. The minimum Gasteiger partial charge on any atom is -0.462 e. The highest BCUT2D eigenvalue weighted by atomic mass is 32.2. The van der Waals surface area contributed by atoms with Gasteiger partial charge in [0.05, 0.1) is 24.2 Å². The molecule has 1 fully saturated rings. The SMILES string of the molecule is CC(C)OC(=O)CN1CCS(=O)(=O)CC1. The van der Waals surface area contributed by atoms with Gasteiger partial charge in [0.15, 0.2) is 9.84 Å². The maximum atomic E-state index is 11.3. The summed E-state index contributed by atoms with van der Waals surface area (Å²) in [6, 6.07) is 0. The Balaban J connectivity index is 2.33. The summed E-state index contributed by atoms with van der Waals surface area (Å²) in [6.07, 6.45) is -0.119. The van der Waals surface area contributed by atoms with E-state index in [2.05, 4.69) is 0 Å². The summed E-state index contributed by atoms with van der Waals surface area (Å²) in [5.74, 6) is -0.00602. The van der Waals surface area contributed by atoms with E-state index in [0.717, 1.165) is 0 Å².